The summed E-state index contributed by atoms with van der Waals surface area (Å²) in [5.74, 6) is 0.731. The van der Waals surface area contributed by atoms with Crippen LogP contribution in [0.2, 0.25) is 0 Å². The Labute approximate surface area is 125 Å². The molecule has 1 N–H and O–H groups in total. The van der Waals surface area contributed by atoms with Gasteiger partial charge in [-0.25, -0.2) is 4.98 Å². The lowest BCUT2D eigenvalue weighted by Gasteiger charge is -2.16. The van der Waals surface area contributed by atoms with Gasteiger partial charge in [0.05, 0.1) is 11.1 Å². The standard InChI is InChI=1S/C16H10N2O4/c19-14-10-2-1-5-17-15(10)18-16(20)11(14)6-9-3-4-12-13(7-9)22-8-21-12/h1-7H,8H2,(H,17,18,20). The van der Waals surface area contributed by atoms with Gasteiger partial charge in [-0.3, -0.25) is 9.59 Å². The molecule has 0 bridgehead atoms. The average Bonchev–Trinajstić information content (AvgIpc) is 2.99. The summed E-state index contributed by atoms with van der Waals surface area (Å²) >= 11 is 0. The number of aromatic nitrogens is 1. The highest BCUT2D eigenvalue weighted by molar-refractivity contribution is 6.35. The Morgan fingerprint density at radius 3 is 2.91 bits per heavy atom. The van der Waals surface area contributed by atoms with Crippen molar-refractivity contribution >= 4 is 23.6 Å². The SMILES string of the molecule is O=C1Nc2ncccc2C(=O)C1=Cc1ccc2c(c1)OCO2. The van der Waals surface area contributed by atoms with Gasteiger partial charge in [0, 0.05) is 6.20 Å². The molecule has 22 heavy (non-hydrogen) atoms. The lowest BCUT2D eigenvalue weighted by Crippen LogP contribution is -2.28. The number of fused-ring (bicyclic) bond motifs is 2. The number of Topliss-reactive ketones (excluding diaryl/α,β-unsaturated/α-hetero) is 1. The Hall–Kier alpha value is -3.15. The first-order chi connectivity index (χ1) is 10.7. The first-order valence-corrected chi connectivity index (χ1v) is 6.65. The minimum Gasteiger partial charge on any atom is -0.454 e. The van der Waals surface area contributed by atoms with E-state index in [1.54, 1.807) is 30.3 Å². The van der Waals surface area contributed by atoms with Crippen molar-refractivity contribution in [2.45, 2.75) is 0 Å². The molecule has 2 aliphatic rings. The highest BCUT2D eigenvalue weighted by Gasteiger charge is 2.29. The fourth-order valence-electron chi connectivity index (χ4n) is 2.41. The van der Waals surface area contributed by atoms with Crippen LogP contribution in [0.3, 0.4) is 0 Å². The third-order valence-corrected chi connectivity index (χ3v) is 3.48. The number of hydrogen-bond acceptors (Lipinski definition) is 5. The lowest BCUT2D eigenvalue weighted by atomic mass is 9.97. The summed E-state index contributed by atoms with van der Waals surface area (Å²) in [6, 6.07) is 8.54. The van der Waals surface area contributed by atoms with Crippen molar-refractivity contribution in [3.05, 3.63) is 53.2 Å². The second kappa shape index (κ2) is 4.70. The van der Waals surface area contributed by atoms with Crippen LogP contribution >= 0.6 is 0 Å². The van der Waals surface area contributed by atoms with Crippen molar-refractivity contribution in [3.63, 3.8) is 0 Å². The molecule has 3 heterocycles. The molecule has 0 spiro atoms. The fourth-order valence-corrected chi connectivity index (χ4v) is 2.41. The van der Waals surface area contributed by atoms with Crippen LogP contribution in [0.5, 0.6) is 11.5 Å². The molecule has 0 fully saturated rings. The maximum Gasteiger partial charge on any atom is 0.260 e. The summed E-state index contributed by atoms with van der Waals surface area (Å²) in [4.78, 5) is 28.5. The van der Waals surface area contributed by atoms with Crippen LogP contribution in [0, 0.1) is 0 Å². The van der Waals surface area contributed by atoms with Gasteiger partial charge in [0.1, 0.15) is 5.82 Å². The molecule has 0 unspecified atom stereocenters. The van der Waals surface area contributed by atoms with E-state index in [1.807, 2.05) is 0 Å². The lowest BCUT2D eigenvalue weighted by molar-refractivity contribution is -0.112. The van der Waals surface area contributed by atoms with Gasteiger partial charge in [0.15, 0.2) is 11.5 Å². The van der Waals surface area contributed by atoms with Gasteiger partial charge in [-0.05, 0) is 35.9 Å². The zero-order valence-electron chi connectivity index (χ0n) is 11.3. The molecule has 1 aromatic carbocycles. The number of ether oxygens (including phenoxy) is 2. The predicted octanol–water partition coefficient (Wildman–Crippen LogP) is 2.03. The molecule has 0 radical (unpaired) electrons. The molecule has 1 amide bonds. The van der Waals surface area contributed by atoms with E-state index in [2.05, 4.69) is 10.3 Å². The number of rotatable bonds is 1. The molecule has 6 heteroatoms. The second-order valence-corrected chi connectivity index (χ2v) is 4.85. The Morgan fingerprint density at radius 1 is 1.14 bits per heavy atom. The molecule has 0 aliphatic carbocycles. The minimum atomic E-state index is -0.464. The molecule has 0 atom stereocenters. The van der Waals surface area contributed by atoms with E-state index in [9.17, 15) is 9.59 Å². The van der Waals surface area contributed by atoms with Gasteiger partial charge >= 0.3 is 0 Å². The Balaban J connectivity index is 1.76. The van der Waals surface area contributed by atoms with E-state index in [0.717, 1.165) is 0 Å². The molecule has 1 aromatic heterocycles. The largest absolute Gasteiger partial charge is 0.454 e. The highest BCUT2D eigenvalue weighted by Crippen LogP contribution is 2.33. The summed E-state index contributed by atoms with van der Waals surface area (Å²) in [5, 5.41) is 2.62. The Bertz CT molecular complexity index is 842. The normalized spacial score (nSPS) is 17.4. The average molecular weight is 294 g/mol. The molecule has 6 nitrogen and oxygen atoms in total. The fraction of sp³-hybridized carbons (Fsp3) is 0.0625. The molecule has 0 saturated carbocycles. The first kappa shape index (κ1) is 12.6. The quantitative estimate of drug-likeness (QED) is 0.643. The molecular weight excluding hydrogens is 284 g/mol. The van der Waals surface area contributed by atoms with Crippen molar-refractivity contribution in [3.8, 4) is 11.5 Å². The van der Waals surface area contributed by atoms with Crippen LogP contribution in [0.15, 0.2) is 42.1 Å². The number of carbonyl (C=O) groups is 2. The summed E-state index contributed by atoms with van der Waals surface area (Å²) in [6.45, 7) is 0.174. The third-order valence-electron chi connectivity index (χ3n) is 3.48. The van der Waals surface area contributed by atoms with Crippen molar-refractivity contribution < 1.29 is 19.1 Å². The first-order valence-electron chi connectivity index (χ1n) is 6.65. The zero-order chi connectivity index (χ0) is 15.1. The molecule has 0 saturated heterocycles. The second-order valence-electron chi connectivity index (χ2n) is 4.85. The van der Waals surface area contributed by atoms with Gasteiger partial charge in [-0.15, -0.1) is 0 Å². The minimum absolute atomic E-state index is 0.0689. The van der Waals surface area contributed by atoms with Crippen LogP contribution in [-0.4, -0.2) is 23.5 Å². The zero-order valence-corrected chi connectivity index (χ0v) is 11.3. The topological polar surface area (TPSA) is 77.5 Å². The van der Waals surface area contributed by atoms with Crippen LogP contribution in [0.4, 0.5) is 5.82 Å². The maximum atomic E-state index is 12.4. The number of anilines is 1. The number of nitrogens with one attached hydrogen (secondary N) is 1. The van der Waals surface area contributed by atoms with Crippen LogP contribution in [0.1, 0.15) is 15.9 Å². The van der Waals surface area contributed by atoms with Crippen molar-refractivity contribution in [1.82, 2.24) is 4.98 Å². The summed E-state index contributed by atoms with van der Waals surface area (Å²) in [7, 11) is 0. The summed E-state index contributed by atoms with van der Waals surface area (Å²) in [6.07, 6.45) is 3.06. The van der Waals surface area contributed by atoms with E-state index in [1.165, 1.54) is 12.3 Å². The van der Waals surface area contributed by atoms with E-state index in [4.69, 9.17) is 9.47 Å². The van der Waals surface area contributed by atoms with Gasteiger partial charge in [0.2, 0.25) is 12.6 Å². The van der Waals surface area contributed by atoms with Crippen LogP contribution < -0.4 is 14.8 Å². The number of amides is 1. The van der Waals surface area contributed by atoms with E-state index < -0.39 is 5.91 Å². The molecule has 4 rings (SSSR count). The smallest absolute Gasteiger partial charge is 0.260 e. The predicted molar refractivity (Wildman–Crippen MR) is 77.7 cm³/mol. The molecule has 2 aliphatic heterocycles. The number of nitrogens with zero attached hydrogens (tertiary/aromatic N) is 1. The van der Waals surface area contributed by atoms with Crippen molar-refractivity contribution in [2.75, 3.05) is 12.1 Å². The maximum absolute atomic E-state index is 12.4. The number of benzene rings is 1. The number of ketones is 1. The van der Waals surface area contributed by atoms with E-state index >= 15 is 0 Å². The third kappa shape index (κ3) is 1.93. The molecular formula is C16H10N2O4. The van der Waals surface area contributed by atoms with E-state index in [-0.39, 0.29) is 18.1 Å². The van der Waals surface area contributed by atoms with Crippen molar-refractivity contribution in [1.29, 1.82) is 0 Å². The Kier molecular flexibility index (Phi) is 2.69. The summed E-state index contributed by atoms with van der Waals surface area (Å²) in [5.41, 5.74) is 1.14. The number of hydrogen-bond donors (Lipinski definition) is 1. The van der Waals surface area contributed by atoms with Crippen LogP contribution in [0.25, 0.3) is 6.08 Å². The Morgan fingerprint density at radius 2 is 2.00 bits per heavy atom. The van der Waals surface area contributed by atoms with Crippen molar-refractivity contribution in [2.24, 2.45) is 0 Å². The van der Waals surface area contributed by atoms with Gasteiger partial charge < -0.3 is 14.8 Å². The van der Waals surface area contributed by atoms with E-state index in [0.29, 0.717) is 28.4 Å². The van der Waals surface area contributed by atoms with Gasteiger partial charge in [-0.2, -0.15) is 0 Å². The monoisotopic (exact) mass is 294 g/mol. The highest BCUT2D eigenvalue weighted by atomic mass is 16.7. The van der Waals surface area contributed by atoms with Gasteiger partial charge in [-0.1, -0.05) is 6.07 Å². The number of pyridine rings is 1. The molecule has 2 aromatic rings. The van der Waals surface area contributed by atoms with Crippen LogP contribution in [-0.2, 0) is 4.79 Å². The number of carbonyl (C=O) groups excluding carboxylic acids is 2. The summed E-state index contributed by atoms with van der Waals surface area (Å²) < 4.78 is 10.5. The van der Waals surface area contributed by atoms with Gasteiger partial charge in [0.25, 0.3) is 5.91 Å². The molecule has 108 valence electrons.